The second-order valence-corrected chi connectivity index (χ2v) is 7.48. The van der Waals surface area contributed by atoms with Crippen LogP contribution in [0.1, 0.15) is 10.9 Å². The molecule has 4 rings (SSSR count). The average molecular weight is 369 g/mol. The van der Waals surface area contributed by atoms with Crippen LogP contribution in [-0.2, 0) is 0 Å². The van der Waals surface area contributed by atoms with Crippen LogP contribution in [0.5, 0.6) is 0 Å². The summed E-state index contributed by atoms with van der Waals surface area (Å²) in [5.74, 6) is 0.673. The maximum absolute atomic E-state index is 4.17. The minimum absolute atomic E-state index is 0.324. The molecule has 0 radical (unpaired) electrons. The van der Waals surface area contributed by atoms with E-state index in [0.717, 1.165) is 38.4 Å². The lowest BCUT2D eigenvalue weighted by molar-refractivity contribution is 0.117. The van der Waals surface area contributed by atoms with Crippen LogP contribution in [-0.4, -0.2) is 69.8 Å². The molecular formula is C18H23N7S. The summed E-state index contributed by atoms with van der Waals surface area (Å²) < 4.78 is 1.75. The van der Waals surface area contributed by atoms with Crippen LogP contribution in [0, 0.1) is 0 Å². The van der Waals surface area contributed by atoms with Crippen molar-refractivity contribution in [3.05, 3.63) is 52.7 Å². The van der Waals surface area contributed by atoms with Crippen molar-refractivity contribution in [3.8, 4) is 5.69 Å². The van der Waals surface area contributed by atoms with E-state index < -0.39 is 0 Å². The van der Waals surface area contributed by atoms with Crippen molar-refractivity contribution < 1.29 is 0 Å². The highest BCUT2D eigenvalue weighted by Crippen LogP contribution is 2.26. The van der Waals surface area contributed by atoms with E-state index in [9.17, 15) is 0 Å². The second-order valence-electron chi connectivity index (χ2n) is 6.50. The maximum Gasteiger partial charge on any atom is 0.247 e. The Balaban J connectivity index is 1.50. The Hall–Kier alpha value is -2.29. The predicted molar refractivity (Wildman–Crippen MR) is 104 cm³/mol. The SMILES string of the molecule is CN1CCN(C(CNc2nnnn2-c2ccccc2)c2cccs2)CC1. The van der Waals surface area contributed by atoms with Gasteiger partial charge in [-0.15, -0.1) is 11.3 Å². The smallest absolute Gasteiger partial charge is 0.247 e. The highest BCUT2D eigenvalue weighted by Gasteiger charge is 2.25. The van der Waals surface area contributed by atoms with Gasteiger partial charge >= 0.3 is 0 Å². The molecule has 1 saturated heterocycles. The molecule has 1 aromatic carbocycles. The number of nitrogens with one attached hydrogen (secondary N) is 1. The summed E-state index contributed by atoms with van der Waals surface area (Å²) in [5.41, 5.74) is 0.951. The third kappa shape index (κ3) is 3.77. The molecule has 136 valence electrons. The quantitative estimate of drug-likeness (QED) is 0.718. The fourth-order valence-electron chi connectivity index (χ4n) is 3.25. The zero-order valence-corrected chi connectivity index (χ0v) is 15.6. The molecule has 0 saturated carbocycles. The number of benzene rings is 1. The zero-order valence-electron chi connectivity index (χ0n) is 14.8. The Morgan fingerprint density at radius 3 is 2.62 bits per heavy atom. The van der Waals surface area contributed by atoms with Crippen molar-refractivity contribution in [1.29, 1.82) is 0 Å². The van der Waals surface area contributed by atoms with Gasteiger partial charge in [0.1, 0.15) is 0 Å². The van der Waals surface area contributed by atoms with Crippen LogP contribution in [0.15, 0.2) is 47.8 Å². The molecule has 7 nitrogen and oxygen atoms in total. The lowest BCUT2D eigenvalue weighted by atomic mass is 10.1. The maximum atomic E-state index is 4.17. The van der Waals surface area contributed by atoms with Gasteiger partial charge in [-0.05, 0) is 41.1 Å². The van der Waals surface area contributed by atoms with E-state index in [1.54, 1.807) is 4.68 Å². The molecule has 8 heteroatoms. The highest BCUT2D eigenvalue weighted by molar-refractivity contribution is 7.10. The number of likely N-dealkylation sites (N-methyl/N-ethyl adjacent to an activating group) is 1. The number of para-hydroxylation sites is 1. The molecule has 0 spiro atoms. The van der Waals surface area contributed by atoms with E-state index in [-0.39, 0.29) is 0 Å². The predicted octanol–water partition coefficient (Wildman–Crippen LogP) is 2.12. The van der Waals surface area contributed by atoms with Gasteiger partial charge in [0.25, 0.3) is 0 Å². The third-order valence-electron chi connectivity index (χ3n) is 4.77. The van der Waals surface area contributed by atoms with Crippen molar-refractivity contribution in [2.24, 2.45) is 0 Å². The van der Waals surface area contributed by atoms with Crippen molar-refractivity contribution in [2.45, 2.75) is 6.04 Å². The van der Waals surface area contributed by atoms with E-state index in [1.807, 2.05) is 41.7 Å². The highest BCUT2D eigenvalue weighted by atomic mass is 32.1. The molecule has 0 aliphatic carbocycles. The van der Waals surface area contributed by atoms with Gasteiger partial charge in [0.15, 0.2) is 0 Å². The van der Waals surface area contributed by atoms with E-state index in [1.165, 1.54) is 4.88 Å². The molecule has 1 atom stereocenters. The number of nitrogens with zero attached hydrogens (tertiary/aromatic N) is 6. The molecule has 1 N–H and O–H groups in total. The number of thiophene rings is 1. The first kappa shape index (κ1) is 17.1. The Kier molecular flexibility index (Phi) is 5.24. The summed E-state index contributed by atoms with van der Waals surface area (Å²) in [7, 11) is 2.18. The number of hydrogen-bond donors (Lipinski definition) is 1. The summed E-state index contributed by atoms with van der Waals surface area (Å²) in [6.07, 6.45) is 0. The molecule has 2 aromatic heterocycles. The van der Waals surface area contributed by atoms with Gasteiger partial charge in [0, 0.05) is 37.6 Å². The molecule has 1 fully saturated rings. The van der Waals surface area contributed by atoms with Crippen molar-refractivity contribution in [1.82, 2.24) is 30.0 Å². The summed E-state index contributed by atoms with van der Waals surface area (Å²) in [6, 6.07) is 14.6. The summed E-state index contributed by atoms with van der Waals surface area (Å²) in [5, 5.41) is 17.8. The van der Waals surface area contributed by atoms with Gasteiger partial charge in [0.05, 0.1) is 11.7 Å². The molecule has 3 aromatic rings. The Morgan fingerprint density at radius 1 is 1.08 bits per heavy atom. The largest absolute Gasteiger partial charge is 0.351 e. The van der Waals surface area contributed by atoms with E-state index in [4.69, 9.17) is 0 Å². The monoisotopic (exact) mass is 369 g/mol. The molecule has 26 heavy (non-hydrogen) atoms. The minimum Gasteiger partial charge on any atom is -0.351 e. The number of aromatic nitrogens is 4. The Labute approximate surface area is 157 Å². The summed E-state index contributed by atoms with van der Waals surface area (Å²) in [6.45, 7) is 5.12. The molecule has 0 bridgehead atoms. The zero-order chi connectivity index (χ0) is 17.8. The van der Waals surface area contributed by atoms with E-state index in [0.29, 0.717) is 12.0 Å². The van der Waals surface area contributed by atoms with Crippen LogP contribution >= 0.6 is 11.3 Å². The Bertz CT molecular complexity index is 794. The van der Waals surface area contributed by atoms with Crippen LogP contribution in [0.3, 0.4) is 0 Å². The molecule has 1 unspecified atom stereocenters. The van der Waals surface area contributed by atoms with Crippen LogP contribution in [0.25, 0.3) is 5.69 Å². The van der Waals surface area contributed by atoms with Gasteiger partial charge in [-0.1, -0.05) is 29.4 Å². The number of rotatable bonds is 6. The average Bonchev–Trinajstić information content (AvgIpc) is 3.36. The number of hydrogen-bond acceptors (Lipinski definition) is 7. The first-order valence-electron chi connectivity index (χ1n) is 8.85. The Morgan fingerprint density at radius 2 is 1.88 bits per heavy atom. The standard InChI is InChI=1S/C18H23N7S/c1-23-9-11-24(12-10-23)16(17-8-5-13-26-17)14-19-18-20-21-22-25(18)15-6-3-2-4-7-15/h2-8,13,16H,9-12,14H2,1H3,(H,19,20,22). The number of piperazine rings is 1. The fraction of sp³-hybridized carbons (Fsp3) is 0.389. The lowest BCUT2D eigenvalue weighted by Gasteiger charge is -2.37. The van der Waals surface area contributed by atoms with Gasteiger partial charge in [-0.2, -0.15) is 4.68 Å². The van der Waals surface area contributed by atoms with Gasteiger partial charge in [-0.3, -0.25) is 4.90 Å². The van der Waals surface area contributed by atoms with Gasteiger partial charge < -0.3 is 10.2 Å². The molecule has 1 aliphatic heterocycles. The van der Waals surface area contributed by atoms with Gasteiger partial charge in [-0.25, -0.2) is 0 Å². The first-order valence-corrected chi connectivity index (χ1v) is 9.73. The molecule has 1 aliphatic rings. The fourth-order valence-corrected chi connectivity index (χ4v) is 4.11. The minimum atomic E-state index is 0.324. The topological polar surface area (TPSA) is 62.1 Å². The third-order valence-corrected chi connectivity index (χ3v) is 5.75. The molecular weight excluding hydrogens is 346 g/mol. The molecule has 3 heterocycles. The van der Waals surface area contributed by atoms with Crippen LogP contribution in [0.2, 0.25) is 0 Å². The van der Waals surface area contributed by atoms with Crippen molar-refractivity contribution >= 4 is 17.3 Å². The summed E-state index contributed by atoms with van der Waals surface area (Å²) in [4.78, 5) is 6.31. The van der Waals surface area contributed by atoms with E-state index in [2.05, 4.69) is 55.2 Å². The van der Waals surface area contributed by atoms with Gasteiger partial charge in [0.2, 0.25) is 5.95 Å². The van der Waals surface area contributed by atoms with Crippen LogP contribution in [0.4, 0.5) is 5.95 Å². The first-order chi connectivity index (χ1) is 12.8. The lowest BCUT2D eigenvalue weighted by Crippen LogP contribution is -2.47. The molecule has 0 amide bonds. The van der Waals surface area contributed by atoms with E-state index >= 15 is 0 Å². The van der Waals surface area contributed by atoms with Crippen LogP contribution < -0.4 is 5.32 Å². The van der Waals surface area contributed by atoms with Crippen molar-refractivity contribution in [2.75, 3.05) is 45.1 Å². The van der Waals surface area contributed by atoms with Crippen molar-refractivity contribution in [3.63, 3.8) is 0 Å². The normalized spacial score (nSPS) is 17.3. The number of anilines is 1. The summed E-state index contributed by atoms with van der Waals surface area (Å²) >= 11 is 1.81. The number of tetrazole rings is 1. The second kappa shape index (κ2) is 7.94.